The van der Waals surface area contributed by atoms with Crippen LogP contribution in [0.5, 0.6) is 5.75 Å². The van der Waals surface area contributed by atoms with Gasteiger partial charge in [-0.3, -0.25) is 0 Å². The molecule has 0 saturated carbocycles. The summed E-state index contributed by atoms with van der Waals surface area (Å²) in [5.41, 5.74) is 11.3. The van der Waals surface area contributed by atoms with E-state index in [0.29, 0.717) is 0 Å². The highest BCUT2D eigenvalue weighted by Crippen LogP contribution is 2.29. The van der Waals surface area contributed by atoms with Crippen LogP contribution in [0.15, 0.2) is 36.4 Å². The fraction of sp³-hybridized carbons (Fsp3) is 0.294. The SMILES string of the molecule is Cc1cc(C)c([C@H](N)c2ccc(OC(F)(F)F)cc2)c(C)c1.Cl. The zero-order valence-corrected chi connectivity index (χ0v) is 13.9. The molecule has 0 aliphatic heterocycles. The van der Waals surface area contributed by atoms with Crippen molar-refractivity contribution in [2.24, 2.45) is 5.73 Å². The minimum absolute atomic E-state index is 0. The van der Waals surface area contributed by atoms with Gasteiger partial charge in [0.2, 0.25) is 0 Å². The Morgan fingerprint density at radius 3 is 1.87 bits per heavy atom. The third-order valence-corrected chi connectivity index (χ3v) is 3.52. The summed E-state index contributed by atoms with van der Waals surface area (Å²) in [5.74, 6) is -0.249. The molecule has 2 rings (SSSR count). The quantitative estimate of drug-likeness (QED) is 0.851. The van der Waals surface area contributed by atoms with Gasteiger partial charge in [-0.05, 0) is 55.2 Å². The summed E-state index contributed by atoms with van der Waals surface area (Å²) in [6.45, 7) is 5.98. The molecular weight excluding hydrogens is 327 g/mol. The van der Waals surface area contributed by atoms with Crippen LogP contribution in [-0.2, 0) is 0 Å². The van der Waals surface area contributed by atoms with Crippen molar-refractivity contribution in [3.05, 3.63) is 64.2 Å². The van der Waals surface area contributed by atoms with Crippen LogP contribution in [0.2, 0.25) is 0 Å². The van der Waals surface area contributed by atoms with E-state index in [1.165, 1.54) is 12.1 Å². The zero-order chi connectivity index (χ0) is 16.5. The summed E-state index contributed by atoms with van der Waals surface area (Å²) in [7, 11) is 0. The molecule has 0 aliphatic carbocycles. The van der Waals surface area contributed by atoms with Crippen LogP contribution < -0.4 is 10.5 Å². The van der Waals surface area contributed by atoms with E-state index in [-0.39, 0.29) is 24.2 Å². The van der Waals surface area contributed by atoms with Gasteiger partial charge in [0.1, 0.15) is 5.75 Å². The number of benzene rings is 2. The van der Waals surface area contributed by atoms with Crippen LogP contribution in [0.4, 0.5) is 13.2 Å². The second-order valence-corrected chi connectivity index (χ2v) is 5.41. The number of alkyl halides is 3. The number of aryl methyl sites for hydroxylation is 3. The first-order valence-electron chi connectivity index (χ1n) is 6.86. The molecule has 2 N–H and O–H groups in total. The van der Waals surface area contributed by atoms with Gasteiger partial charge in [0, 0.05) is 0 Å². The summed E-state index contributed by atoms with van der Waals surface area (Å²) in [6.07, 6.45) is -4.69. The number of ether oxygens (including phenoxy) is 1. The van der Waals surface area contributed by atoms with Gasteiger partial charge in [0.05, 0.1) is 6.04 Å². The Bertz CT molecular complexity index is 646. The lowest BCUT2D eigenvalue weighted by Crippen LogP contribution is -2.18. The summed E-state index contributed by atoms with van der Waals surface area (Å²) >= 11 is 0. The van der Waals surface area contributed by atoms with E-state index in [1.54, 1.807) is 12.1 Å². The third-order valence-electron chi connectivity index (χ3n) is 3.52. The van der Waals surface area contributed by atoms with Gasteiger partial charge in [-0.25, -0.2) is 0 Å². The lowest BCUT2D eigenvalue weighted by molar-refractivity contribution is -0.274. The number of halogens is 4. The Morgan fingerprint density at radius 2 is 1.43 bits per heavy atom. The molecule has 0 unspecified atom stereocenters. The summed E-state index contributed by atoms with van der Waals surface area (Å²) in [5, 5.41) is 0. The van der Waals surface area contributed by atoms with Gasteiger partial charge in [-0.15, -0.1) is 25.6 Å². The minimum atomic E-state index is -4.69. The second kappa shape index (κ2) is 7.23. The van der Waals surface area contributed by atoms with Crippen molar-refractivity contribution in [2.45, 2.75) is 33.2 Å². The molecule has 1 atom stereocenters. The van der Waals surface area contributed by atoms with E-state index in [1.807, 2.05) is 32.9 Å². The van der Waals surface area contributed by atoms with Crippen LogP contribution >= 0.6 is 12.4 Å². The first-order valence-corrected chi connectivity index (χ1v) is 6.86. The van der Waals surface area contributed by atoms with Crippen molar-refractivity contribution in [3.63, 3.8) is 0 Å². The highest BCUT2D eigenvalue weighted by molar-refractivity contribution is 5.85. The van der Waals surface area contributed by atoms with Crippen LogP contribution in [0.25, 0.3) is 0 Å². The smallest absolute Gasteiger partial charge is 0.406 e. The standard InChI is InChI=1S/C17H18F3NO.ClH/c1-10-8-11(2)15(12(3)9-10)16(21)13-4-6-14(7-5-13)22-17(18,19)20;/h4-9,16H,21H2,1-3H3;1H/t16-;/m1./s1. The topological polar surface area (TPSA) is 35.2 Å². The molecule has 0 radical (unpaired) electrons. The molecule has 0 aromatic heterocycles. The molecule has 2 nitrogen and oxygen atoms in total. The molecule has 23 heavy (non-hydrogen) atoms. The average Bonchev–Trinajstić information content (AvgIpc) is 2.36. The van der Waals surface area contributed by atoms with Crippen LogP contribution in [0.1, 0.15) is 33.9 Å². The molecule has 0 heterocycles. The molecule has 0 fully saturated rings. The Kier molecular flexibility index (Phi) is 6.08. The normalized spacial score (nSPS) is 12.5. The maximum Gasteiger partial charge on any atom is 0.573 e. The van der Waals surface area contributed by atoms with E-state index in [0.717, 1.165) is 27.8 Å². The van der Waals surface area contributed by atoms with Crippen LogP contribution in [0.3, 0.4) is 0 Å². The van der Waals surface area contributed by atoms with Gasteiger partial charge in [-0.2, -0.15) is 0 Å². The number of hydrogen-bond donors (Lipinski definition) is 1. The summed E-state index contributed by atoms with van der Waals surface area (Å²) in [6, 6.07) is 9.38. The van der Waals surface area contributed by atoms with E-state index in [4.69, 9.17) is 5.73 Å². The van der Waals surface area contributed by atoms with Crippen LogP contribution in [-0.4, -0.2) is 6.36 Å². The third kappa shape index (κ3) is 4.88. The predicted octanol–water partition coefficient (Wildman–Crippen LogP) is 4.98. The van der Waals surface area contributed by atoms with Crippen molar-refractivity contribution < 1.29 is 17.9 Å². The maximum atomic E-state index is 12.2. The van der Waals surface area contributed by atoms with Crippen molar-refractivity contribution in [3.8, 4) is 5.75 Å². The molecule has 0 bridgehead atoms. The molecule has 126 valence electrons. The molecule has 6 heteroatoms. The minimum Gasteiger partial charge on any atom is -0.406 e. The van der Waals surface area contributed by atoms with Crippen molar-refractivity contribution in [1.29, 1.82) is 0 Å². The predicted molar refractivity (Wildman–Crippen MR) is 87.1 cm³/mol. The van der Waals surface area contributed by atoms with Gasteiger partial charge < -0.3 is 10.5 Å². The molecule has 2 aromatic carbocycles. The maximum absolute atomic E-state index is 12.2. The van der Waals surface area contributed by atoms with Crippen LogP contribution in [0, 0.1) is 20.8 Å². The van der Waals surface area contributed by atoms with Crippen molar-refractivity contribution in [2.75, 3.05) is 0 Å². The molecule has 0 saturated heterocycles. The molecule has 0 spiro atoms. The van der Waals surface area contributed by atoms with Crippen molar-refractivity contribution >= 4 is 12.4 Å². The Hall–Kier alpha value is -1.72. The second-order valence-electron chi connectivity index (χ2n) is 5.41. The largest absolute Gasteiger partial charge is 0.573 e. The lowest BCUT2D eigenvalue weighted by atomic mass is 9.90. The first-order chi connectivity index (χ1) is 10.2. The highest BCUT2D eigenvalue weighted by Gasteiger charge is 2.31. The van der Waals surface area contributed by atoms with Gasteiger partial charge in [0.25, 0.3) is 0 Å². The van der Waals surface area contributed by atoms with E-state index < -0.39 is 6.36 Å². The number of rotatable bonds is 3. The van der Waals surface area contributed by atoms with Gasteiger partial charge in [-0.1, -0.05) is 29.8 Å². The molecular formula is C17H19ClF3NO. The fourth-order valence-corrected chi connectivity index (χ4v) is 2.73. The highest BCUT2D eigenvalue weighted by atomic mass is 35.5. The zero-order valence-electron chi connectivity index (χ0n) is 13.1. The van der Waals surface area contributed by atoms with Gasteiger partial charge >= 0.3 is 6.36 Å². The van der Waals surface area contributed by atoms with E-state index >= 15 is 0 Å². The first kappa shape index (κ1) is 19.3. The monoisotopic (exact) mass is 345 g/mol. The lowest BCUT2D eigenvalue weighted by Gasteiger charge is -2.19. The van der Waals surface area contributed by atoms with E-state index in [2.05, 4.69) is 4.74 Å². The summed E-state index contributed by atoms with van der Waals surface area (Å²) in [4.78, 5) is 0. The van der Waals surface area contributed by atoms with E-state index in [9.17, 15) is 13.2 Å². The Balaban J connectivity index is 0.00000264. The number of nitrogens with two attached hydrogens (primary N) is 1. The fourth-order valence-electron chi connectivity index (χ4n) is 2.73. The Morgan fingerprint density at radius 1 is 0.957 bits per heavy atom. The average molecular weight is 346 g/mol. The molecule has 0 amide bonds. The number of hydrogen-bond acceptors (Lipinski definition) is 2. The summed E-state index contributed by atoms with van der Waals surface area (Å²) < 4.78 is 40.4. The molecule has 2 aromatic rings. The van der Waals surface area contributed by atoms with Crippen molar-refractivity contribution in [1.82, 2.24) is 0 Å². The van der Waals surface area contributed by atoms with Gasteiger partial charge in [0.15, 0.2) is 0 Å². The molecule has 0 aliphatic rings. The Labute approximate surface area is 139 Å².